The summed E-state index contributed by atoms with van der Waals surface area (Å²) in [6, 6.07) is 0. The fourth-order valence-electron chi connectivity index (χ4n) is 11.9. The van der Waals surface area contributed by atoms with Crippen LogP contribution >= 0.6 is 11.6 Å². The number of carbonyl (C=O) groups excluding carboxylic acids is 2. The van der Waals surface area contributed by atoms with Crippen LogP contribution in [-0.2, 0) is 14.3 Å². The van der Waals surface area contributed by atoms with Gasteiger partial charge < -0.3 is 4.74 Å². The number of fused-ring (bicyclic) bond motifs is 7. The van der Waals surface area contributed by atoms with E-state index in [2.05, 4.69) is 48.1 Å². The number of rotatable bonds is 3. The Morgan fingerprint density at radius 1 is 0.806 bits per heavy atom. The highest BCUT2D eigenvalue weighted by atomic mass is 35.5. The average molecular weight is 517 g/mol. The topological polar surface area (TPSA) is 43.4 Å². The van der Waals surface area contributed by atoms with E-state index >= 15 is 0 Å². The smallest absolute Gasteiger partial charge is 0.302 e. The summed E-state index contributed by atoms with van der Waals surface area (Å²) in [5.74, 6) is 2.37. The minimum absolute atomic E-state index is 0.0129. The van der Waals surface area contributed by atoms with Crippen LogP contribution in [0.1, 0.15) is 113 Å². The zero-order valence-electron chi connectivity index (χ0n) is 23.8. The van der Waals surface area contributed by atoms with Gasteiger partial charge in [-0.15, -0.1) is 0 Å². The molecule has 0 aliphatic heterocycles. The van der Waals surface area contributed by atoms with Gasteiger partial charge >= 0.3 is 5.97 Å². The lowest BCUT2D eigenvalue weighted by Crippen LogP contribution is -2.67. The van der Waals surface area contributed by atoms with Gasteiger partial charge in [-0.2, -0.15) is 0 Å². The number of halogens is 1. The number of hydrogen-bond donors (Lipinski definition) is 0. The van der Waals surface area contributed by atoms with Gasteiger partial charge in [-0.05, 0) is 129 Å². The highest BCUT2D eigenvalue weighted by Gasteiger charge is 2.71. The molecule has 5 fully saturated rings. The maximum absolute atomic E-state index is 13.0. The molecular formula is C32H49ClO3. The maximum Gasteiger partial charge on any atom is 0.302 e. The summed E-state index contributed by atoms with van der Waals surface area (Å²) in [6.07, 6.45) is 11.1. The third kappa shape index (κ3) is 3.29. The number of ether oxygens (including phenoxy) is 1. The Kier molecular flexibility index (Phi) is 6.19. The molecule has 202 valence electrons. The van der Waals surface area contributed by atoms with Crippen molar-refractivity contribution in [2.75, 3.05) is 0 Å². The largest absolute Gasteiger partial charge is 0.462 e. The van der Waals surface area contributed by atoms with Crippen LogP contribution in [0.4, 0.5) is 0 Å². The van der Waals surface area contributed by atoms with E-state index in [-0.39, 0.29) is 44.4 Å². The van der Waals surface area contributed by atoms with Crippen LogP contribution in [0.3, 0.4) is 0 Å². The zero-order chi connectivity index (χ0) is 26.5. The molecular weight excluding hydrogens is 468 g/mol. The summed E-state index contributed by atoms with van der Waals surface area (Å²) in [7, 11) is 0. The highest BCUT2D eigenvalue weighted by molar-refractivity contribution is 6.64. The predicted molar refractivity (Wildman–Crippen MR) is 145 cm³/mol. The molecule has 36 heavy (non-hydrogen) atoms. The fraction of sp³-hybridized carbons (Fsp3) is 0.875. The molecule has 0 spiro atoms. The second kappa shape index (κ2) is 8.33. The molecule has 6 unspecified atom stereocenters. The molecule has 0 bridgehead atoms. The first-order chi connectivity index (χ1) is 16.6. The van der Waals surface area contributed by atoms with Crippen molar-refractivity contribution in [2.45, 2.75) is 119 Å². The van der Waals surface area contributed by atoms with Gasteiger partial charge in [0.1, 0.15) is 6.10 Å². The Labute approximate surface area is 224 Å². The molecule has 10 atom stereocenters. The Hall–Kier alpha value is -0.830. The first-order valence-electron chi connectivity index (χ1n) is 14.7. The van der Waals surface area contributed by atoms with E-state index in [0.29, 0.717) is 29.6 Å². The van der Waals surface area contributed by atoms with Crippen molar-refractivity contribution in [3.63, 3.8) is 0 Å². The zero-order valence-corrected chi connectivity index (χ0v) is 24.6. The van der Waals surface area contributed by atoms with E-state index in [1.165, 1.54) is 31.3 Å². The SMILES string of the molecule is C=C(C)[C@@H]1CCC2(C(=O)Cl)CC[C@]3(C)C(CC[C@@H]4C5(C)CCC(OC(C)=O)C(C)(C)[C@@H]5CCC43C)C12. The van der Waals surface area contributed by atoms with Crippen molar-refractivity contribution >= 4 is 22.8 Å². The molecule has 5 rings (SSSR count). The van der Waals surface area contributed by atoms with Gasteiger partial charge in [0.05, 0.1) is 0 Å². The molecule has 0 aromatic heterocycles. The van der Waals surface area contributed by atoms with E-state index in [4.69, 9.17) is 16.3 Å². The molecule has 4 heteroatoms. The van der Waals surface area contributed by atoms with Crippen molar-refractivity contribution in [3.05, 3.63) is 12.2 Å². The van der Waals surface area contributed by atoms with Crippen LogP contribution in [0.5, 0.6) is 0 Å². The monoisotopic (exact) mass is 516 g/mol. The molecule has 0 radical (unpaired) electrons. The van der Waals surface area contributed by atoms with Gasteiger partial charge in [0, 0.05) is 17.8 Å². The van der Waals surface area contributed by atoms with Crippen molar-refractivity contribution in [1.29, 1.82) is 0 Å². The first kappa shape index (κ1) is 26.8. The van der Waals surface area contributed by atoms with Crippen LogP contribution in [0.15, 0.2) is 12.2 Å². The normalized spacial score (nSPS) is 51.2. The second-order valence-electron chi connectivity index (χ2n) is 15.1. The average Bonchev–Trinajstić information content (AvgIpc) is 3.17. The van der Waals surface area contributed by atoms with Gasteiger partial charge in [0.2, 0.25) is 5.24 Å². The van der Waals surface area contributed by atoms with Gasteiger partial charge in [-0.3, -0.25) is 9.59 Å². The van der Waals surface area contributed by atoms with Gasteiger partial charge in [0.15, 0.2) is 0 Å². The predicted octanol–water partition coefficient (Wildman–Crippen LogP) is 8.34. The van der Waals surface area contributed by atoms with Crippen LogP contribution < -0.4 is 0 Å². The number of esters is 1. The van der Waals surface area contributed by atoms with Crippen molar-refractivity contribution < 1.29 is 14.3 Å². The van der Waals surface area contributed by atoms with Gasteiger partial charge in [-0.25, -0.2) is 0 Å². The highest BCUT2D eigenvalue weighted by Crippen LogP contribution is 2.77. The third-order valence-corrected chi connectivity index (χ3v) is 14.1. The molecule has 5 saturated carbocycles. The molecule has 0 aromatic carbocycles. The van der Waals surface area contributed by atoms with E-state index in [1.54, 1.807) is 6.92 Å². The summed E-state index contributed by atoms with van der Waals surface area (Å²) in [4.78, 5) is 24.9. The summed E-state index contributed by atoms with van der Waals surface area (Å²) in [5, 5.41) is -0.0770. The van der Waals surface area contributed by atoms with Crippen LogP contribution in [0.2, 0.25) is 0 Å². The molecule has 5 aliphatic carbocycles. The molecule has 5 aliphatic rings. The number of carbonyl (C=O) groups is 2. The van der Waals surface area contributed by atoms with Gasteiger partial charge in [0.25, 0.3) is 0 Å². The number of hydrogen-bond acceptors (Lipinski definition) is 3. The van der Waals surface area contributed by atoms with E-state index in [1.807, 2.05) is 0 Å². The summed E-state index contributed by atoms with van der Waals surface area (Å²) in [6.45, 7) is 20.6. The van der Waals surface area contributed by atoms with Crippen molar-refractivity contribution in [3.8, 4) is 0 Å². The Morgan fingerprint density at radius 3 is 2.11 bits per heavy atom. The minimum atomic E-state index is -0.344. The Bertz CT molecular complexity index is 970. The Balaban J connectivity index is 1.52. The maximum atomic E-state index is 13.0. The lowest BCUT2D eigenvalue weighted by atomic mass is 9.32. The fourth-order valence-corrected chi connectivity index (χ4v) is 12.2. The van der Waals surface area contributed by atoms with Crippen LogP contribution in [0.25, 0.3) is 0 Å². The quantitative estimate of drug-likeness (QED) is 0.215. The van der Waals surface area contributed by atoms with Gasteiger partial charge in [-0.1, -0.05) is 46.8 Å². The molecule has 0 amide bonds. The van der Waals surface area contributed by atoms with E-state index in [9.17, 15) is 9.59 Å². The van der Waals surface area contributed by atoms with Crippen LogP contribution in [0, 0.1) is 56.7 Å². The Morgan fingerprint density at radius 2 is 1.50 bits per heavy atom. The first-order valence-corrected chi connectivity index (χ1v) is 15.1. The van der Waals surface area contributed by atoms with Crippen molar-refractivity contribution in [2.24, 2.45) is 56.7 Å². The molecule has 3 nitrogen and oxygen atoms in total. The van der Waals surface area contributed by atoms with E-state index < -0.39 is 0 Å². The molecule has 0 saturated heterocycles. The van der Waals surface area contributed by atoms with E-state index in [0.717, 1.165) is 38.5 Å². The summed E-state index contributed by atoms with van der Waals surface area (Å²) >= 11 is 6.46. The summed E-state index contributed by atoms with van der Waals surface area (Å²) < 4.78 is 5.89. The summed E-state index contributed by atoms with van der Waals surface area (Å²) in [5.41, 5.74) is 1.60. The minimum Gasteiger partial charge on any atom is -0.462 e. The third-order valence-electron chi connectivity index (χ3n) is 13.7. The standard InChI is InChI=1S/C32H49ClO3/c1-19(2)21-11-16-32(27(33)35)18-17-30(7)22(26(21)32)9-10-24-29(6)14-13-25(36-20(3)34)28(4,5)23(29)12-15-31(24,30)8/h21-26H,1,9-18H2,2-8H3/t21-,22?,23-,24+,25?,26?,29?,30+,31?,32?/m0/s1. The van der Waals surface area contributed by atoms with Crippen molar-refractivity contribution in [1.82, 2.24) is 0 Å². The molecule has 0 aromatic rings. The molecule has 0 heterocycles. The lowest BCUT2D eigenvalue weighted by molar-refractivity contribution is -0.248. The number of allylic oxidation sites excluding steroid dienone is 1. The van der Waals surface area contributed by atoms with Crippen LogP contribution in [-0.4, -0.2) is 17.3 Å². The molecule has 0 N–H and O–H groups in total. The second-order valence-corrected chi connectivity index (χ2v) is 15.4. The lowest BCUT2D eigenvalue weighted by Gasteiger charge is -2.72.